The Labute approximate surface area is 263 Å². The zero-order valence-corrected chi connectivity index (χ0v) is 26.3. The van der Waals surface area contributed by atoms with Crippen LogP contribution in [0, 0.1) is 5.92 Å². The van der Waals surface area contributed by atoms with Crippen LogP contribution >= 0.6 is 23.2 Å². The lowest BCUT2D eigenvalue weighted by molar-refractivity contribution is -0.142. The Morgan fingerprint density at radius 3 is 2.42 bits per heavy atom. The van der Waals surface area contributed by atoms with Gasteiger partial charge in [0.15, 0.2) is 5.75 Å². The average Bonchev–Trinajstić information content (AvgIpc) is 3.59. The van der Waals surface area contributed by atoms with E-state index >= 15 is 0 Å². The lowest BCUT2D eigenvalue weighted by atomic mass is 9.93. The Bertz CT molecular complexity index is 1430. The minimum atomic E-state index is -0.137. The van der Waals surface area contributed by atoms with Gasteiger partial charge in [0.1, 0.15) is 0 Å². The van der Waals surface area contributed by atoms with Crippen LogP contribution in [-0.4, -0.2) is 83.1 Å². The van der Waals surface area contributed by atoms with Crippen molar-refractivity contribution < 1.29 is 14.3 Å². The third-order valence-electron chi connectivity index (χ3n) is 9.21. The molecule has 9 nitrogen and oxygen atoms in total. The van der Waals surface area contributed by atoms with Crippen LogP contribution < -0.4 is 9.64 Å². The Balaban J connectivity index is 1.18. The van der Waals surface area contributed by atoms with Gasteiger partial charge in [-0.25, -0.2) is 15.0 Å². The van der Waals surface area contributed by atoms with Crippen molar-refractivity contribution in [3.63, 3.8) is 0 Å². The molecule has 0 saturated carbocycles. The molecule has 2 aromatic heterocycles. The van der Waals surface area contributed by atoms with E-state index in [2.05, 4.69) is 37.8 Å². The molecular formula is C32H38Cl2N6O3. The molecule has 0 N–H and O–H groups in total. The number of carbonyl (C=O) groups excluding carboxylic acids is 1. The first-order chi connectivity index (χ1) is 20.8. The van der Waals surface area contributed by atoms with E-state index in [1.54, 1.807) is 18.5 Å². The normalized spacial score (nSPS) is 21.5. The third kappa shape index (κ3) is 7.06. The zero-order chi connectivity index (χ0) is 30.0. The number of esters is 1. The highest BCUT2D eigenvalue weighted by atomic mass is 35.5. The van der Waals surface area contributed by atoms with Gasteiger partial charge >= 0.3 is 5.97 Å². The second-order valence-electron chi connectivity index (χ2n) is 12.1. The highest BCUT2D eigenvalue weighted by Crippen LogP contribution is 2.38. The zero-order valence-electron chi connectivity index (χ0n) is 24.8. The number of likely N-dealkylation sites (tertiary alicyclic amines) is 2. The standard InChI is InChI=1S/C32H38Cl2N6O3/c1-38-8-3-6-32(38)7-11-40(21-32)31-35-18-27(19-36-31)43-29-13-23(12-28(37-29)24-15-25(33)17-26(34)16-24)20-39-9-4-22(5-10-39)14-30(41)42-2/h12-13,15-19,22H,3-11,14,20-21H2,1-2H3/t32-/m1/s1. The van der Waals surface area contributed by atoms with E-state index < -0.39 is 0 Å². The van der Waals surface area contributed by atoms with E-state index in [4.69, 9.17) is 37.7 Å². The molecule has 0 radical (unpaired) electrons. The fourth-order valence-corrected chi connectivity index (χ4v) is 7.27. The van der Waals surface area contributed by atoms with Gasteiger partial charge in [0, 0.05) is 53.3 Å². The number of hydrogen-bond acceptors (Lipinski definition) is 9. The first-order valence-corrected chi connectivity index (χ1v) is 15.8. The largest absolute Gasteiger partial charge is 0.469 e. The third-order valence-corrected chi connectivity index (χ3v) is 9.65. The number of carbonyl (C=O) groups is 1. The maximum Gasteiger partial charge on any atom is 0.305 e. The molecule has 0 unspecified atom stereocenters. The summed E-state index contributed by atoms with van der Waals surface area (Å²) in [6.07, 6.45) is 9.46. The Kier molecular flexibility index (Phi) is 9.05. The highest BCUT2D eigenvalue weighted by Gasteiger charge is 2.44. The van der Waals surface area contributed by atoms with Crippen molar-refractivity contribution in [2.24, 2.45) is 5.92 Å². The summed E-state index contributed by atoms with van der Waals surface area (Å²) in [4.78, 5) is 33.0. The van der Waals surface area contributed by atoms with Gasteiger partial charge in [0.2, 0.25) is 11.8 Å². The fraction of sp³-hybridized carbons (Fsp3) is 0.500. The number of hydrogen-bond donors (Lipinski definition) is 0. The summed E-state index contributed by atoms with van der Waals surface area (Å²) < 4.78 is 11.1. The van der Waals surface area contributed by atoms with Crippen LogP contribution in [0.15, 0.2) is 42.7 Å². The molecule has 0 amide bonds. The molecule has 3 aromatic rings. The summed E-state index contributed by atoms with van der Waals surface area (Å²) in [5, 5.41) is 1.09. The summed E-state index contributed by atoms with van der Waals surface area (Å²) in [5.41, 5.74) is 2.84. The van der Waals surface area contributed by atoms with E-state index in [1.165, 1.54) is 20.0 Å². The number of rotatable bonds is 8. The number of benzene rings is 1. The first kappa shape index (κ1) is 30.1. The van der Waals surface area contributed by atoms with Crippen molar-refractivity contribution in [1.82, 2.24) is 24.8 Å². The molecule has 228 valence electrons. The van der Waals surface area contributed by atoms with Crippen LogP contribution in [0.5, 0.6) is 11.6 Å². The van der Waals surface area contributed by atoms with Gasteiger partial charge in [0.25, 0.3) is 0 Å². The summed E-state index contributed by atoms with van der Waals surface area (Å²) in [5.74, 6) is 1.93. The summed E-state index contributed by atoms with van der Waals surface area (Å²) in [6.45, 7) is 5.61. The van der Waals surface area contributed by atoms with Crippen molar-refractivity contribution >= 4 is 35.1 Å². The van der Waals surface area contributed by atoms with Gasteiger partial charge in [-0.2, -0.15) is 0 Å². The Hall–Kier alpha value is -2.98. The van der Waals surface area contributed by atoms with E-state index in [1.807, 2.05) is 18.2 Å². The minimum absolute atomic E-state index is 0.137. The molecule has 0 aliphatic carbocycles. The van der Waals surface area contributed by atoms with Crippen LogP contribution in [0.4, 0.5) is 5.95 Å². The van der Waals surface area contributed by atoms with Gasteiger partial charge in [-0.05, 0) is 94.5 Å². The molecule has 1 aromatic carbocycles. The quantitative estimate of drug-likeness (QED) is 0.276. The number of methoxy groups -OCH3 is 1. The number of aromatic nitrogens is 3. The Morgan fingerprint density at radius 2 is 1.74 bits per heavy atom. The monoisotopic (exact) mass is 624 g/mol. The molecule has 3 aliphatic heterocycles. The number of pyridine rings is 1. The van der Waals surface area contributed by atoms with Crippen LogP contribution in [-0.2, 0) is 16.1 Å². The molecular weight excluding hydrogens is 587 g/mol. The predicted octanol–water partition coefficient (Wildman–Crippen LogP) is 6.09. The molecule has 3 aliphatic rings. The summed E-state index contributed by atoms with van der Waals surface area (Å²) in [7, 11) is 3.68. The number of likely N-dealkylation sites (N-methyl/N-ethyl adjacent to an activating group) is 1. The molecule has 3 fully saturated rings. The second kappa shape index (κ2) is 12.9. The van der Waals surface area contributed by atoms with Crippen molar-refractivity contribution in [3.05, 3.63) is 58.3 Å². The molecule has 1 atom stereocenters. The van der Waals surface area contributed by atoms with Gasteiger partial charge in [0.05, 0.1) is 25.2 Å². The molecule has 5 heterocycles. The van der Waals surface area contributed by atoms with Crippen LogP contribution in [0.2, 0.25) is 10.0 Å². The lowest BCUT2D eigenvalue weighted by Crippen LogP contribution is -2.43. The maximum absolute atomic E-state index is 11.7. The maximum atomic E-state index is 11.7. The highest BCUT2D eigenvalue weighted by molar-refractivity contribution is 6.35. The van der Waals surface area contributed by atoms with Crippen LogP contribution in [0.1, 0.15) is 44.1 Å². The number of anilines is 1. The van der Waals surface area contributed by atoms with Gasteiger partial charge in [-0.3, -0.25) is 14.6 Å². The van der Waals surface area contributed by atoms with E-state index in [0.29, 0.717) is 34.0 Å². The fourth-order valence-electron chi connectivity index (χ4n) is 6.74. The van der Waals surface area contributed by atoms with Crippen molar-refractivity contribution in [2.75, 3.05) is 51.8 Å². The molecule has 1 spiro atoms. The summed E-state index contributed by atoms with van der Waals surface area (Å²) in [6, 6.07) is 9.43. The Morgan fingerprint density at radius 1 is 1.00 bits per heavy atom. The topological polar surface area (TPSA) is 83.9 Å². The smallest absolute Gasteiger partial charge is 0.305 e. The van der Waals surface area contributed by atoms with E-state index in [9.17, 15) is 4.79 Å². The molecule has 11 heteroatoms. The second-order valence-corrected chi connectivity index (χ2v) is 13.0. The minimum Gasteiger partial charge on any atom is -0.469 e. The predicted molar refractivity (Wildman–Crippen MR) is 168 cm³/mol. The first-order valence-electron chi connectivity index (χ1n) is 15.0. The van der Waals surface area contributed by atoms with Crippen molar-refractivity contribution in [1.29, 1.82) is 0 Å². The average molecular weight is 626 g/mol. The number of nitrogens with zero attached hydrogens (tertiary/aromatic N) is 6. The van der Waals surface area contributed by atoms with Gasteiger partial charge in [-0.15, -0.1) is 0 Å². The van der Waals surface area contributed by atoms with Gasteiger partial charge in [-0.1, -0.05) is 23.2 Å². The van der Waals surface area contributed by atoms with E-state index in [-0.39, 0.29) is 11.5 Å². The molecule has 43 heavy (non-hydrogen) atoms. The number of halogens is 2. The molecule has 6 rings (SSSR count). The van der Waals surface area contributed by atoms with Crippen LogP contribution in [0.25, 0.3) is 11.3 Å². The van der Waals surface area contributed by atoms with Gasteiger partial charge < -0.3 is 14.4 Å². The van der Waals surface area contributed by atoms with Crippen molar-refractivity contribution in [2.45, 2.75) is 50.6 Å². The number of ether oxygens (including phenoxy) is 2. The van der Waals surface area contributed by atoms with E-state index in [0.717, 1.165) is 81.3 Å². The molecule has 3 saturated heterocycles. The SMILES string of the molecule is COC(=O)CC1CCN(Cc2cc(Oc3cnc(N4CC[C@]5(CCCN5C)C4)nc3)nc(-c3cc(Cl)cc(Cl)c3)c2)CC1. The number of piperidine rings is 1. The molecule has 0 bridgehead atoms. The van der Waals surface area contributed by atoms with Crippen LogP contribution in [0.3, 0.4) is 0 Å². The summed E-state index contributed by atoms with van der Waals surface area (Å²) >= 11 is 12.7. The lowest BCUT2D eigenvalue weighted by Gasteiger charge is -2.31. The van der Waals surface area contributed by atoms with Crippen molar-refractivity contribution in [3.8, 4) is 22.9 Å².